The maximum atomic E-state index is 11.3. The highest BCUT2D eigenvalue weighted by molar-refractivity contribution is 8.26. The summed E-state index contributed by atoms with van der Waals surface area (Å²) in [5, 5.41) is 12.6. The summed E-state index contributed by atoms with van der Waals surface area (Å²) < 4.78 is 5.08. The van der Waals surface area contributed by atoms with Crippen molar-refractivity contribution >= 4 is 76.5 Å². The van der Waals surface area contributed by atoms with Crippen LogP contribution >= 0.6 is 70.6 Å². The van der Waals surface area contributed by atoms with E-state index in [4.69, 9.17) is 9.84 Å². The molecule has 0 aromatic carbocycles. The lowest BCUT2D eigenvalue weighted by Gasteiger charge is -2.04. The van der Waals surface area contributed by atoms with Crippen molar-refractivity contribution in [1.29, 1.82) is 0 Å². The normalized spacial score (nSPS) is 10.6. The average Bonchev–Trinajstić information content (AvgIpc) is 2.41. The van der Waals surface area contributed by atoms with E-state index in [1.54, 1.807) is 35.3 Å². The fourth-order valence-corrected chi connectivity index (χ4v) is 6.28. The molecular weight excluding hydrogens is 361 g/mol. The van der Waals surface area contributed by atoms with Gasteiger partial charge in [-0.2, -0.15) is 11.8 Å². The van der Waals surface area contributed by atoms with Crippen molar-refractivity contribution < 1.29 is 14.6 Å². The van der Waals surface area contributed by atoms with Gasteiger partial charge in [0.2, 0.25) is 0 Å². The fourth-order valence-electron chi connectivity index (χ4n) is 0.760. The molecule has 0 atom stereocenters. The molecular formula is C10H20O3S6. The predicted octanol–water partition coefficient (Wildman–Crippen LogP) is 3.34. The molecule has 0 aromatic heterocycles. The van der Waals surface area contributed by atoms with Crippen molar-refractivity contribution in [2.75, 3.05) is 50.6 Å². The van der Waals surface area contributed by atoms with E-state index in [0.29, 0.717) is 11.7 Å². The van der Waals surface area contributed by atoms with Crippen molar-refractivity contribution in [3.8, 4) is 0 Å². The van der Waals surface area contributed by atoms with Gasteiger partial charge >= 0.3 is 5.97 Å². The Balaban J connectivity index is 3.13. The highest BCUT2D eigenvalue weighted by Gasteiger charge is 2.02. The molecule has 0 saturated carbocycles. The molecule has 0 aliphatic carbocycles. The molecule has 9 heteroatoms. The number of hydrogen-bond acceptors (Lipinski definition) is 9. The van der Waals surface area contributed by atoms with Crippen LogP contribution < -0.4 is 0 Å². The molecule has 1 N–H and O–H groups in total. The Morgan fingerprint density at radius 3 is 2.42 bits per heavy atom. The molecule has 0 rings (SSSR count). The van der Waals surface area contributed by atoms with Crippen LogP contribution in [0.15, 0.2) is 0 Å². The van der Waals surface area contributed by atoms with Crippen LogP contribution in [0.5, 0.6) is 0 Å². The van der Waals surface area contributed by atoms with Crippen LogP contribution in [0.2, 0.25) is 0 Å². The summed E-state index contributed by atoms with van der Waals surface area (Å²) in [5.74, 6) is 1.45. The molecule has 0 heterocycles. The zero-order chi connectivity index (χ0) is 14.2. The average molecular weight is 381 g/mol. The number of aliphatic hydroxyl groups excluding tert-OH is 1. The predicted molar refractivity (Wildman–Crippen MR) is 98.7 cm³/mol. The third-order valence-electron chi connectivity index (χ3n) is 1.46. The van der Waals surface area contributed by atoms with Crippen LogP contribution in [0.4, 0.5) is 0 Å². The van der Waals surface area contributed by atoms with Crippen LogP contribution in [0.1, 0.15) is 0 Å². The topological polar surface area (TPSA) is 46.5 Å². The molecule has 114 valence electrons. The second-order valence-electron chi connectivity index (χ2n) is 2.99. The first-order valence-corrected chi connectivity index (χ1v) is 12.6. The lowest BCUT2D eigenvalue weighted by molar-refractivity contribution is -0.138. The molecule has 0 amide bonds. The van der Waals surface area contributed by atoms with Crippen molar-refractivity contribution in [2.45, 2.75) is 0 Å². The second-order valence-corrected chi connectivity index (χ2v) is 10.3. The van der Waals surface area contributed by atoms with Crippen LogP contribution in [0.25, 0.3) is 0 Å². The third kappa shape index (κ3) is 17.5. The van der Waals surface area contributed by atoms with Crippen molar-refractivity contribution in [3.63, 3.8) is 0 Å². The zero-order valence-electron chi connectivity index (χ0n) is 10.9. The summed E-state index contributed by atoms with van der Waals surface area (Å²) in [5.41, 5.74) is 0. The highest BCUT2D eigenvalue weighted by Crippen LogP contribution is 2.20. The van der Waals surface area contributed by atoms with Gasteiger partial charge in [-0.3, -0.25) is 4.79 Å². The summed E-state index contributed by atoms with van der Waals surface area (Å²) in [6.45, 7) is 0.203. The monoisotopic (exact) mass is 380 g/mol. The molecule has 0 radical (unpaired) electrons. The third-order valence-corrected chi connectivity index (χ3v) is 8.27. The molecule has 0 unspecified atom stereocenters. The van der Waals surface area contributed by atoms with E-state index in [1.165, 1.54) is 0 Å². The maximum absolute atomic E-state index is 11.3. The SMILES string of the molecule is CSCSCSCSCC(=O)OCSCSCCO. The zero-order valence-corrected chi connectivity index (χ0v) is 15.8. The van der Waals surface area contributed by atoms with Gasteiger partial charge in [-0.25, -0.2) is 0 Å². The van der Waals surface area contributed by atoms with Gasteiger partial charge in [0.25, 0.3) is 0 Å². The molecule has 3 nitrogen and oxygen atoms in total. The van der Waals surface area contributed by atoms with Gasteiger partial charge in [-0.15, -0.1) is 58.8 Å². The number of carbonyl (C=O) groups is 1. The largest absolute Gasteiger partial charge is 0.454 e. The Hall–Kier alpha value is 1.53. The first kappa shape index (κ1) is 20.5. The highest BCUT2D eigenvalue weighted by atomic mass is 32.2. The number of rotatable bonds is 14. The minimum atomic E-state index is -0.137. The number of carbonyl (C=O) groups excluding carboxylic acids is 1. The molecule has 0 aliphatic rings. The first-order chi connectivity index (χ1) is 9.31. The lowest BCUT2D eigenvalue weighted by atomic mass is 10.8. The van der Waals surface area contributed by atoms with E-state index in [2.05, 4.69) is 6.26 Å². The van der Waals surface area contributed by atoms with E-state index in [1.807, 2.05) is 35.3 Å². The standard InChI is InChI=1S/C10H20O3S6/c1-14-6-18-9-19-8-16-4-10(12)13-5-17-7-15-3-2-11/h11H,2-9H2,1H3. The second kappa shape index (κ2) is 17.6. The lowest BCUT2D eigenvalue weighted by Crippen LogP contribution is -2.07. The summed E-state index contributed by atoms with van der Waals surface area (Å²) in [6.07, 6.45) is 2.10. The van der Waals surface area contributed by atoms with E-state index in [9.17, 15) is 4.79 Å². The van der Waals surface area contributed by atoms with Gasteiger partial charge in [0.05, 0.1) is 12.4 Å². The van der Waals surface area contributed by atoms with Crippen molar-refractivity contribution in [2.24, 2.45) is 0 Å². The molecule has 0 bridgehead atoms. The molecule has 0 aliphatic heterocycles. The van der Waals surface area contributed by atoms with E-state index >= 15 is 0 Å². The van der Waals surface area contributed by atoms with E-state index in [-0.39, 0.29) is 12.6 Å². The summed E-state index contributed by atoms with van der Waals surface area (Å²) in [6, 6.07) is 0. The van der Waals surface area contributed by atoms with E-state index in [0.717, 1.165) is 26.1 Å². The van der Waals surface area contributed by atoms with Crippen LogP contribution in [-0.2, 0) is 9.53 Å². The summed E-state index contributed by atoms with van der Waals surface area (Å²) >= 11 is 10.4. The number of hydrogen-bond donors (Lipinski definition) is 1. The maximum Gasteiger partial charge on any atom is 0.316 e. The van der Waals surface area contributed by atoms with Crippen LogP contribution in [0, 0.1) is 0 Å². The van der Waals surface area contributed by atoms with Gasteiger partial charge in [-0.1, -0.05) is 0 Å². The number of thioether (sulfide) groups is 6. The first-order valence-electron chi connectivity index (χ1n) is 5.45. The van der Waals surface area contributed by atoms with Gasteiger partial charge in [0.15, 0.2) is 0 Å². The minimum absolute atomic E-state index is 0.137. The molecule has 0 spiro atoms. The van der Waals surface area contributed by atoms with Crippen molar-refractivity contribution in [1.82, 2.24) is 0 Å². The number of ether oxygens (including phenoxy) is 1. The Morgan fingerprint density at radius 2 is 1.68 bits per heavy atom. The quantitative estimate of drug-likeness (QED) is 0.278. The molecule has 0 fully saturated rings. The van der Waals surface area contributed by atoms with E-state index < -0.39 is 0 Å². The van der Waals surface area contributed by atoms with Crippen LogP contribution in [0.3, 0.4) is 0 Å². The minimum Gasteiger partial charge on any atom is -0.454 e. The molecule has 0 saturated heterocycles. The summed E-state index contributed by atoms with van der Waals surface area (Å²) in [4.78, 5) is 11.3. The van der Waals surface area contributed by atoms with Gasteiger partial charge in [0, 0.05) is 26.1 Å². The van der Waals surface area contributed by atoms with Gasteiger partial charge < -0.3 is 9.84 Å². The van der Waals surface area contributed by atoms with Crippen LogP contribution in [-0.4, -0.2) is 61.7 Å². The Bertz CT molecular complexity index is 208. The number of esters is 1. The Kier molecular flexibility index (Phi) is 19.0. The fraction of sp³-hybridized carbons (Fsp3) is 0.900. The van der Waals surface area contributed by atoms with Crippen molar-refractivity contribution in [3.05, 3.63) is 0 Å². The Morgan fingerprint density at radius 1 is 1.00 bits per heavy atom. The molecule has 0 aromatic rings. The number of aliphatic hydroxyl groups is 1. The summed E-state index contributed by atoms with van der Waals surface area (Å²) in [7, 11) is 0. The molecule has 19 heavy (non-hydrogen) atoms. The van der Waals surface area contributed by atoms with Gasteiger partial charge in [-0.05, 0) is 6.26 Å². The Labute approximate surface area is 141 Å². The smallest absolute Gasteiger partial charge is 0.316 e. The van der Waals surface area contributed by atoms with Gasteiger partial charge in [0.1, 0.15) is 5.94 Å².